The number of nitrogens with zero attached hydrogens (tertiary/aromatic N) is 2. The zero-order chi connectivity index (χ0) is 14.0. The van der Waals surface area contributed by atoms with E-state index in [0.29, 0.717) is 24.6 Å². The number of hydrogen-bond acceptors (Lipinski definition) is 4. The van der Waals surface area contributed by atoms with Crippen LogP contribution in [-0.2, 0) is 11.2 Å². The van der Waals surface area contributed by atoms with Gasteiger partial charge in [-0.05, 0) is 18.8 Å². The van der Waals surface area contributed by atoms with Gasteiger partial charge < -0.3 is 10.0 Å². The maximum atomic E-state index is 12.3. The van der Waals surface area contributed by atoms with Crippen molar-refractivity contribution >= 4 is 23.2 Å². The molecular formula is C13H18N2O3S. The SMILES string of the molecule is CC(C)Cc1nc(C(=O)N2CCCC2C(=O)O)cs1. The molecule has 1 aromatic rings. The molecule has 1 N–H and O–H groups in total. The first kappa shape index (κ1) is 14.0. The lowest BCUT2D eigenvalue weighted by Crippen LogP contribution is -2.40. The maximum Gasteiger partial charge on any atom is 0.326 e. The van der Waals surface area contributed by atoms with Crippen molar-refractivity contribution in [2.45, 2.75) is 39.2 Å². The molecule has 104 valence electrons. The first-order valence-electron chi connectivity index (χ1n) is 6.47. The Balaban J connectivity index is 2.11. The molecule has 1 unspecified atom stereocenters. The number of likely N-dealkylation sites (tertiary alicyclic amines) is 1. The van der Waals surface area contributed by atoms with Gasteiger partial charge in [-0.1, -0.05) is 13.8 Å². The van der Waals surface area contributed by atoms with Crippen LogP contribution in [0.1, 0.15) is 42.2 Å². The lowest BCUT2D eigenvalue weighted by molar-refractivity contribution is -0.141. The number of carboxylic acids is 1. The van der Waals surface area contributed by atoms with E-state index in [2.05, 4.69) is 18.8 Å². The Labute approximate surface area is 116 Å². The monoisotopic (exact) mass is 282 g/mol. The van der Waals surface area contributed by atoms with E-state index in [-0.39, 0.29) is 5.91 Å². The molecule has 0 bridgehead atoms. The fraction of sp³-hybridized carbons (Fsp3) is 0.615. The summed E-state index contributed by atoms with van der Waals surface area (Å²) >= 11 is 1.47. The van der Waals surface area contributed by atoms with Crippen molar-refractivity contribution in [1.82, 2.24) is 9.88 Å². The molecule has 0 aliphatic carbocycles. The van der Waals surface area contributed by atoms with Gasteiger partial charge in [-0.3, -0.25) is 4.79 Å². The number of aromatic nitrogens is 1. The summed E-state index contributed by atoms with van der Waals surface area (Å²) in [6.45, 7) is 4.71. The van der Waals surface area contributed by atoms with Gasteiger partial charge >= 0.3 is 5.97 Å². The van der Waals surface area contributed by atoms with E-state index >= 15 is 0 Å². The Hall–Kier alpha value is -1.43. The number of thiazole rings is 1. The summed E-state index contributed by atoms with van der Waals surface area (Å²) in [5.41, 5.74) is 0.383. The van der Waals surface area contributed by atoms with E-state index < -0.39 is 12.0 Å². The van der Waals surface area contributed by atoms with Crippen LogP contribution in [0.3, 0.4) is 0 Å². The quantitative estimate of drug-likeness (QED) is 0.917. The third-order valence-corrected chi connectivity index (χ3v) is 4.02. The van der Waals surface area contributed by atoms with Crippen LogP contribution in [0.5, 0.6) is 0 Å². The molecule has 1 atom stereocenters. The van der Waals surface area contributed by atoms with E-state index in [1.807, 2.05) is 0 Å². The first-order valence-corrected chi connectivity index (χ1v) is 7.35. The molecule has 0 spiro atoms. The summed E-state index contributed by atoms with van der Waals surface area (Å²) in [5, 5.41) is 11.8. The summed E-state index contributed by atoms with van der Waals surface area (Å²) in [6, 6.07) is -0.692. The highest BCUT2D eigenvalue weighted by Gasteiger charge is 2.35. The fourth-order valence-corrected chi connectivity index (χ4v) is 3.25. The van der Waals surface area contributed by atoms with Crippen LogP contribution in [0.4, 0.5) is 0 Å². The smallest absolute Gasteiger partial charge is 0.326 e. The molecular weight excluding hydrogens is 264 g/mol. The zero-order valence-electron chi connectivity index (χ0n) is 11.1. The number of amides is 1. The van der Waals surface area contributed by atoms with Crippen LogP contribution in [-0.4, -0.2) is 39.5 Å². The molecule has 2 heterocycles. The Morgan fingerprint density at radius 1 is 1.58 bits per heavy atom. The van der Waals surface area contributed by atoms with Crippen molar-refractivity contribution in [1.29, 1.82) is 0 Å². The summed E-state index contributed by atoms with van der Waals surface area (Å²) in [5.74, 6) is -0.688. The maximum absolute atomic E-state index is 12.3. The Morgan fingerprint density at radius 2 is 2.32 bits per heavy atom. The molecule has 1 fully saturated rings. The molecule has 0 aromatic carbocycles. The highest BCUT2D eigenvalue weighted by Crippen LogP contribution is 2.22. The molecule has 1 aliphatic rings. The number of hydrogen-bond donors (Lipinski definition) is 1. The van der Waals surface area contributed by atoms with Crippen molar-refractivity contribution in [3.8, 4) is 0 Å². The molecule has 1 saturated heterocycles. The van der Waals surface area contributed by atoms with Gasteiger partial charge in [-0.2, -0.15) is 0 Å². The van der Waals surface area contributed by atoms with Crippen LogP contribution >= 0.6 is 11.3 Å². The molecule has 0 radical (unpaired) electrons. The van der Waals surface area contributed by atoms with Crippen molar-refractivity contribution in [2.24, 2.45) is 5.92 Å². The van der Waals surface area contributed by atoms with Crippen LogP contribution < -0.4 is 0 Å². The molecule has 5 nitrogen and oxygen atoms in total. The van der Waals surface area contributed by atoms with E-state index in [4.69, 9.17) is 5.11 Å². The molecule has 0 saturated carbocycles. The van der Waals surface area contributed by atoms with Crippen molar-refractivity contribution < 1.29 is 14.7 Å². The summed E-state index contributed by atoms with van der Waals surface area (Å²) < 4.78 is 0. The third kappa shape index (κ3) is 3.12. The Kier molecular flexibility index (Phi) is 4.19. The van der Waals surface area contributed by atoms with Gasteiger partial charge in [0, 0.05) is 18.3 Å². The number of carbonyl (C=O) groups excluding carboxylic acids is 1. The van der Waals surface area contributed by atoms with Gasteiger partial charge in [0.05, 0.1) is 5.01 Å². The normalized spacial score (nSPS) is 19.1. The largest absolute Gasteiger partial charge is 0.480 e. The summed E-state index contributed by atoms with van der Waals surface area (Å²) in [6.07, 6.45) is 2.12. The highest BCUT2D eigenvalue weighted by atomic mass is 32.1. The van der Waals surface area contributed by atoms with Crippen molar-refractivity contribution in [3.63, 3.8) is 0 Å². The number of aliphatic carboxylic acids is 1. The zero-order valence-corrected chi connectivity index (χ0v) is 11.9. The van der Waals surface area contributed by atoms with E-state index in [1.165, 1.54) is 16.2 Å². The highest BCUT2D eigenvalue weighted by molar-refractivity contribution is 7.09. The third-order valence-electron chi connectivity index (χ3n) is 3.15. The minimum atomic E-state index is -0.927. The first-order chi connectivity index (χ1) is 8.99. The number of rotatable bonds is 4. The molecule has 1 aromatic heterocycles. The van der Waals surface area contributed by atoms with E-state index in [0.717, 1.165) is 17.8 Å². The summed E-state index contributed by atoms with van der Waals surface area (Å²) in [7, 11) is 0. The average Bonchev–Trinajstić information content (AvgIpc) is 2.94. The van der Waals surface area contributed by atoms with E-state index in [1.54, 1.807) is 5.38 Å². The molecule has 6 heteroatoms. The lowest BCUT2D eigenvalue weighted by Gasteiger charge is -2.20. The van der Waals surface area contributed by atoms with Crippen LogP contribution in [0, 0.1) is 5.92 Å². The van der Waals surface area contributed by atoms with Gasteiger partial charge in [-0.25, -0.2) is 9.78 Å². The second-order valence-electron chi connectivity index (χ2n) is 5.22. The topological polar surface area (TPSA) is 70.5 Å². The van der Waals surface area contributed by atoms with Gasteiger partial charge in [0.25, 0.3) is 5.91 Å². The standard InChI is InChI=1S/C13H18N2O3S/c1-8(2)6-11-14-9(7-19-11)12(16)15-5-3-4-10(15)13(17)18/h7-8,10H,3-6H2,1-2H3,(H,17,18). The van der Waals surface area contributed by atoms with Crippen LogP contribution in [0.2, 0.25) is 0 Å². The average molecular weight is 282 g/mol. The predicted molar refractivity (Wildman–Crippen MR) is 72.4 cm³/mol. The van der Waals surface area contributed by atoms with E-state index in [9.17, 15) is 9.59 Å². The summed E-state index contributed by atoms with van der Waals surface area (Å²) in [4.78, 5) is 29.1. The van der Waals surface area contributed by atoms with Crippen molar-refractivity contribution in [2.75, 3.05) is 6.54 Å². The van der Waals surface area contributed by atoms with Gasteiger partial charge in [0.2, 0.25) is 0 Å². The lowest BCUT2D eigenvalue weighted by atomic mass is 10.1. The predicted octanol–water partition coefficient (Wildman–Crippen LogP) is 2.03. The Morgan fingerprint density at radius 3 is 2.95 bits per heavy atom. The van der Waals surface area contributed by atoms with Gasteiger partial charge in [-0.15, -0.1) is 11.3 Å². The van der Waals surface area contributed by atoms with Crippen LogP contribution in [0.15, 0.2) is 5.38 Å². The second-order valence-corrected chi connectivity index (χ2v) is 6.16. The Bertz CT molecular complexity index is 484. The van der Waals surface area contributed by atoms with Crippen molar-refractivity contribution in [3.05, 3.63) is 16.1 Å². The van der Waals surface area contributed by atoms with Gasteiger partial charge in [0.15, 0.2) is 0 Å². The fourth-order valence-electron chi connectivity index (χ4n) is 2.27. The molecule has 19 heavy (non-hydrogen) atoms. The molecule has 2 rings (SSSR count). The molecule has 1 aliphatic heterocycles. The minimum Gasteiger partial charge on any atom is -0.480 e. The second kappa shape index (κ2) is 5.69. The van der Waals surface area contributed by atoms with Gasteiger partial charge in [0.1, 0.15) is 11.7 Å². The minimum absolute atomic E-state index is 0.254. The number of carbonyl (C=O) groups is 2. The number of carboxylic acid groups (broad SMARTS) is 1. The molecule has 1 amide bonds. The van der Waals surface area contributed by atoms with Crippen LogP contribution in [0.25, 0.3) is 0 Å².